The SMILES string of the molecule is CCCCCCCCCCCCC/C=C/C(O)C(COC1O[C@H](CO)[C@@H](O[C@@H]2O[C@H](CO)[C@H](O[C@@H]3O[C@H](CO)[C@H](O)[C@H](O[C@@H]4O[C@H](CO)[C@H](O)[C@H](O)[C@H]4O)[C@H]3NC(C)=O)[C@H](O)[C@H]2O)[C@H](O)[C@H]1O)NC(=O)CCCCCCCCCCCCCCCCC. The summed E-state index contributed by atoms with van der Waals surface area (Å²) in [4.78, 5) is 26.0. The number of allylic oxidation sites excluding steroid dienone is 1. The standard InChI is InChI=1S/C62H114N2O23/c1-4-6-8-10-12-14-16-18-19-21-23-25-27-29-31-33-46(71)64-40(41(70)32-30-28-26-24-22-20-17-15-13-11-9-7-5-2)38-80-60-54(78)51(75)57(44(36-67)83-60)86-62-55(79)52(76)56(45(37-68)84-62)85-59-47(63-39(3)69)58(49(73)43(35-66)81-59)87-61-53(77)50(74)48(72)42(34-65)82-61/h30,32,40-45,47-62,65-68,70,72-79H,4-29,31,33-38H2,1-3H3,(H,63,69)(H,64,71)/b32-30+/t40?,41?,42-,43-,44-,45-,47-,48+,49+,50+,51-,52-,53-,54-,55-,56+,57-,58-,59+,60?,61+,62+/m1/s1. The molecule has 0 saturated carbocycles. The van der Waals surface area contributed by atoms with Crippen molar-refractivity contribution in [3.05, 3.63) is 12.2 Å². The van der Waals surface area contributed by atoms with Crippen molar-refractivity contribution in [1.29, 1.82) is 0 Å². The Balaban J connectivity index is 1.36. The van der Waals surface area contributed by atoms with Crippen molar-refractivity contribution >= 4 is 11.8 Å². The molecule has 4 aliphatic heterocycles. The summed E-state index contributed by atoms with van der Waals surface area (Å²) in [6.07, 6.45) is 0.0598. The van der Waals surface area contributed by atoms with Gasteiger partial charge in [-0.15, -0.1) is 0 Å². The van der Waals surface area contributed by atoms with Crippen LogP contribution in [0.5, 0.6) is 0 Å². The highest BCUT2D eigenvalue weighted by Crippen LogP contribution is 2.35. The molecule has 4 heterocycles. The van der Waals surface area contributed by atoms with Crippen LogP contribution in [0.2, 0.25) is 0 Å². The molecule has 510 valence electrons. The van der Waals surface area contributed by atoms with Gasteiger partial charge in [0.05, 0.1) is 45.2 Å². The summed E-state index contributed by atoms with van der Waals surface area (Å²) in [6.45, 7) is 1.59. The van der Waals surface area contributed by atoms with E-state index in [4.69, 9.17) is 37.9 Å². The zero-order chi connectivity index (χ0) is 63.7. The first-order chi connectivity index (χ1) is 42.0. The zero-order valence-electron chi connectivity index (χ0n) is 52.1. The molecule has 0 aliphatic carbocycles. The second-order valence-corrected chi connectivity index (χ2v) is 24.3. The van der Waals surface area contributed by atoms with Crippen LogP contribution in [0.1, 0.15) is 201 Å². The Kier molecular flexibility index (Phi) is 38.8. The van der Waals surface area contributed by atoms with E-state index in [9.17, 15) is 76.0 Å². The Bertz CT molecular complexity index is 1830. The van der Waals surface area contributed by atoms with Crippen LogP contribution < -0.4 is 10.6 Å². The number of ether oxygens (including phenoxy) is 8. The maximum Gasteiger partial charge on any atom is 0.220 e. The Morgan fingerprint density at radius 2 is 0.828 bits per heavy atom. The molecule has 87 heavy (non-hydrogen) atoms. The molecule has 0 radical (unpaired) electrons. The Labute approximate surface area is 515 Å². The van der Waals surface area contributed by atoms with Crippen molar-refractivity contribution in [3.63, 3.8) is 0 Å². The van der Waals surface area contributed by atoms with E-state index in [0.29, 0.717) is 12.8 Å². The van der Waals surface area contributed by atoms with E-state index in [-0.39, 0.29) is 12.3 Å². The molecule has 25 heteroatoms. The summed E-state index contributed by atoms with van der Waals surface area (Å²) in [7, 11) is 0. The van der Waals surface area contributed by atoms with Gasteiger partial charge >= 0.3 is 0 Å². The molecule has 0 aromatic rings. The van der Waals surface area contributed by atoms with E-state index in [1.807, 2.05) is 6.08 Å². The Morgan fingerprint density at radius 1 is 0.448 bits per heavy atom. The van der Waals surface area contributed by atoms with Crippen LogP contribution in [0.25, 0.3) is 0 Å². The van der Waals surface area contributed by atoms with Gasteiger partial charge in [-0.3, -0.25) is 9.59 Å². The van der Waals surface area contributed by atoms with Crippen molar-refractivity contribution in [3.8, 4) is 0 Å². The monoisotopic (exact) mass is 1250 g/mol. The third-order valence-corrected chi connectivity index (χ3v) is 17.1. The molecule has 25 nitrogen and oxygen atoms in total. The number of hydrogen-bond donors (Lipinski definition) is 15. The number of unbranched alkanes of at least 4 members (excludes halogenated alkanes) is 25. The average molecular weight is 1260 g/mol. The van der Waals surface area contributed by atoms with Crippen molar-refractivity contribution in [2.24, 2.45) is 0 Å². The predicted molar refractivity (Wildman–Crippen MR) is 317 cm³/mol. The third-order valence-electron chi connectivity index (χ3n) is 17.1. The molecule has 0 aromatic heterocycles. The van der Waals surface area contributed by atoms with Crippen LogP contribution in [0.3, 0.4) is 0 Å². The molecule has 22 atom stereocenters. The first kappa shape index (κ1) is 77.3. The summed E-state index contributed by atoms with van der Waals surface area (Å²) >= 11 is 0. The van der Waals surface area contributed by atoms with Crippen molar-refractivity contribution < 1.29 is 114 Å². The van der Waals surface area contributed by atoms with E-state index in [2.05, 4.69) is 24.5 Å². The number of hydrogen-bond acceptors (Lipinski definition) is 23. The van der Waals surface area contributed by atoms with Gasteiger partial charge < -0.3 is 115 Å². The van der Waals surface area contributed by atoms with E-state index in [0.717, 1.165) is 51.9 Å². The van der Waals surface area contributed by atoms with Crippen LogP contribution in [0, 0.1) is 0 Å². The maximum atomic E-state index is 13.4. The molecular weight excluding hydrogens is 1140 g/mol. The summed E-state index contributed by atoms with van der Waals surface area (Å²) in [5.74, 6) is -1.06. The van der Waals surface area contributed by atoms with Gasteiger partial charge in [-0.25, -0.2) is 0 Å². The van der Waals surface area contributed by atoms with Crippen molar-refractivity contribution in [1.82, 2.24) is 10.6 Å². The fraction of sp³-hybridized carbons (Fsp3) is 0.935. The quantitative estimate of drug-likeness (QED) is 0.0305. The molecule has 0 bridgehead atoms. The number of carbonyl (C=O) groups excluding carboxylic acids is 2. The van der Waals surface area contributed by atoms with Crippen LogP contribution in [0.15, 0.2) is 12.2 Å². The molecule has 4 rings (SSSR count). The van der Waals surface area contributed by atoms with E-state index in [1.165, 1.54) is 116 Å². The first-order valence-corrected chi connectivity index (χ1v) is 32.9. The van der Waals surface area contributed by atoms with Crippen molar-refractivity contribution in [2.45, 2.75) is 335 Å². The number of nitrogens with one attached hydrogen (secondary N) is 2. The smallest absolute Gasteiger partial charge is 0.220 e. The number of rotatable bonds is 45. The fourth-order valence-electron chi connectivity index (χ4n) is 11.7. The molecule has 4 saturated heterocycles. The summed E-state index contributed by atoms with van der Waals surface area (Å²) in [6, 6.07) is -2.62. The van der Waals surface area contributed by atoms with Crippen LogP contribution in [-0.4, -0.2) is 246 Å². The van der Waals surface area contributed by atoms with Gasteiger partial charge in [0.15, 0.2) is 25.2 Å². The van der Waals surface area contributed by atoms with Crippen LogP contribution in [0.4, 0.5) is 0 Å². The molecular formula is C62H114N2O23. The van der Waals surface area contributed by atoms with Gasteiger partial charge in [-0.2, -0.15) is 0 Å². The van der Waals surface area contributed by atoms with E-state index >= 15 is 0 Å². The Morgan fingerprint density at radius 3 is 1.30 bits per heavy atom. The fourth-order valence-corrected chi connectivity index (χ4v) is 11.7. The minimum absolute atomic E-state index is 0.217. The van der Waals surface area contributed by atoms with Crippen LogP contribution >= 0.6 is 0 Å². The number of aliphatic hydroxyl groups is 13. The largest absolute Gasteiger partial charge is 0.394 e. The normalized spacial score (nSPS) is 33.8. The molecule has 0 spiro atoms. The lowest BCUT2D eigenvalue weighted by atomic mass is 9.94. The zero-order valence-corrected chi connectivity index (χ0v) is 52.1. The number of carbonyl (C=O) groups is 2. The molecule has 0 aromatic carbocycles. The first-order valence-electron chi connectivity index (χ1n) is 32.9. The average Bonchev–Trinajstić information content (AvgIpc) is 3.37. The molecule has 15 N–H and O–H groups in total. The lowest BCUT2D eigenvalue weighted by molar-refractivity contribution is -0.380. The second kappa shape index (κ2) is 43.6. The number of aliphatic hydroxyl groups excluding tert-OH is 13. The maximum absolute atomic E-state index is 13.4. The van der Waals surface area contributed by atoms with Crippen molar-refractivity contribution in [2.75, 3.05) is 33.0 Å². The van der Waals surface area contributed by atoms with Gasteiger partial charge in [0.1, 0.15) is 97.6 Å². The molecule has 4 aliphatic rings. The minimum atomic E-state index is -2.10. The minimum Gasteiger partial charge on any atom is -0.394 e. The number of amides is 2. The van der Waals surface area contributed by atoms with E-state index < -0.39 is 174 Å². The molecule has 4 fully saturated rings. The second-order valence-electron chi connectivity index (χ2n) is 24.3. The molecule has 2 amide bonds. The highest BCUT2D eigenvalue weighted by atomic mass is 16.8. The summed E-state index contributed by atoms with van der Waals surface area (Å²) in [5, 5.41) is 147. The Hall–Kier alpha value is -2.16. The van der Waals surface area contributed by atoms with Gasteiger partial charge in [0.2, 0.25) is 11.8 Å². The lowest BCUT2D eigenvalue weighted by Crippen LogP contribution is -2.70. The lowest BCUT2D eigenvalue weighted by Gasteiger charge is -2.50. The third kappa shape index (κ3) is 26.0. The predicted octanol–water partition coefficient (Wildman–Crippen LogP) is 1.78. The highest BCUT2D eigenvalue weighted by molar-refractivity contribution is 5.76. The van der Waals surface area contributed by atoms with Gasteiger partial charge in [-0.1, -0.05) is 180 Å². The highest BCUT2D eigenvalue weighted by Gasteiger charge is 2.56. The summed E-state index contributed by atoms with van der Waals surface area (Å²) in [5.41, 5.74) is 0. The van der Waals surface area contributed by atoms with Gasteiger partial charge in [0.25, 0.3) is 0 Å². The summed E-state index contributed by atoms with van der Waals surface area (Å²) < 4.78 is 46.7. The van der Waals surface area contributed by atoms with Gasteiger partial charge in [-0.05, 0) is 19.3 Å². The van der Waals surface area contributed by atoms with E-state index in [1.54, 1.807) is 6.08 Å². The molecule has 3 unspecified atom stereocenters. The van der Waals surface area contributed by atoms with Crippen LogP contribution in [-0.2, 0) is 47.5 Å². The van der Waals surface area contributed by atoms with Gasteiger partial charge in [0, 0.05) is 13.3 Å². The topological polar surface area (TPSA) is 395 Å².